The first-order chi connectivity index (χ1) is 26.6. The summed E-state index contributed by atoms with van der Waals surface area (Å²) < 4.78 is 44.0. The Balaban J connectivity index is 0. The van der Waals surface area contributed by atoms with Gasteiger partial charge in [0.25, 0.3) is 7.82 Å². The van der Waals surface area contributed by atoms with Gasteiger partial charge in [0.05, 0.1) is 13.2 Å². The van der Waals surface area contributed by atoms with Gasteiger partial charge in [-0.3, -0.25) is 23.7 Å². The molecule has 0 heterocycles. The second-order valence-corrected chi connectivity index (χ2v) is 16.1. The van der Waals surface area contributed by atoms with Gasteiger partial charge >= 0.3 is 53.4 Å². The summed E-state index contributed by atoms with van der Waals surface area (Å²) in [5.41, 5.74) is 0. The van der Waals surface area contributed by atoms with Crippen molar-refractivity contribution < 1.29 is 86.2 Å². The number of hydrogen-bond donors (Lipinski definition) is 0. The molecule has 0 aliphatic heterocycles. The average Bonchev–Trinajstić information content (AvgIpc) is 3.15. The molecule has 0 aromatic carbocycles. The van der Waals surface area contributed by atoms with Gasteiger partial charge in [-0.25, -0.2) is 0 Å². The molecule has 0 aromatic heterocycles. The van der Waals surface area contributed by atoms with Gasteiger partial charge in [-0.05, 0) is 25.7 Å². The van der Waals surface area contributed by atoms with Crippen LogP contribution in [-0.4, -0.2) is 62.5 Å². The summed E-state index contributed by atoms with van der Waals surface area (Å²) in [4.78, 5) is 61.9. The Hall–Kier alpha value is -1.01. The molecule has 12 nitrogen and oxygen atoms in total. The predicted octanol–water partition coefficient (Wildman–Crippen LogP) is 7.40. The van der Waals surface area contributed by atoms with Crippen molar-refractivity contribution in [3.8, 4) is 0 Å². The van der Waals surface area contributed by atoms with Crippen molar-refractivity contribution in [3.63, 3.8) is 0 Å². The van der Waals surface area contributed by atoms with E-state index in [-0.39, 0.29) is 68.5 Å². The molecule has 0 spiro atoms. The summed E-state index contributed by atoms with van der Waals surface area (Å²) in [6, 6.07) is 0. The molecule has 324 valence electrons. The van der Waals surface area contributed by atoms with Crippen LogP contribution in [0.4, 0.5) is 0 Å². The van der Waals surface area contributed by atoms with Crippen molar-refractivity contribution in [1.29, 1.82) is 0 Å². The zero-order valence-electron chi connectivity index (χ0n) is 36.1. The number of hydrogen-bond acceptors (Lipinski definition) is 12. The van der Waals surface area contributed by atoms with Gasteiger partial charge in [0.1, 0.15) is 13.2 Å². The first kappa shape index (κ1) is 57.1. The second-order valence-electron chi connectivity index (χ2n) is 14.7. The Bertz CT molecular complexity index is 1010. The topological polar surface area (TPSA) is 164 Å². The number of esters is 4. The zero-order valence-corrected chi connectivity index (χ0v) is 39.0. The summed E-state index contributed by atoms with van der Waals surface area (Å²) in [5, 5.41) is 0. The zero-order chi connectivity index (χ0) is 40.8. The fourth-order valence-electron chi connectivity index (χ4n) is 5.90. The van der Waals surface area contributed by atoms with Crippen LogP contribution in [0.2, 0.25) is 0 Å². The monoisotopic (exact) mass is 829 g/mol. The molecule has 3 atom stereocenters. The molecule has 14 heteroatoms. The summed E-state index contributed by atoms with van der Waals surface area (Å²) >= 11 is 0. The Labute approximate surface area is 362 Å². The van der Waals surface area contributed by atoms with Crippen LogP contribution in [0.25, 0.3) is 0 Å². The van der Waals surface area contributed by atoms with E-state index < -0.39 is 57.1 Å². The standard InChI is InChI=1S/C42H79O12P.Na/c1-5-9-11-13-15-17-19-21-23-25-27-31-40(44)50-34-38(54-42(46)32-28-26-24-22-20-18-16-14-12-10-6-2)36-52-55(47,48)51-35-37(53-41(45)30-8-4)33-49-39(43)29-7-3;/h37-38H,5-36H2,1-4H3,(H,47,48);/q;+1/p-1/t37?,38-;/m1./s1. The summed E-state index contributed by atoms with van der Waals surface area (Å²) in [6.45, 7) is 5.98. The Morgan fingerprint density at radius 2 is 0.696 bits per heavy atom. The SMILES string of the molecule is CCCCCCCCCCCCCC(=O)OC[C@H](COP(=O)([O-])OCC(COC(=O)CCC)OC(=O)CCC)OC(=O)CCCCCCCCCCCCC.[Na+]. The van der Waals surface area contributed by atoms with Gasteiger partial charge in [0.2, 0.25) is 0 Å². The van der Waals surface area contributed by atoms with Crippen LogP contribution in [0, 0.1) is 0 Å². The van der Waals surface area contributed by atoms with E-state index in [0.29, 0.717) is 25.7 Å². The number of phosphoric acid groups is 1. The van der Waals surface area contributed by atoms with Gasteiger partial charge < -0.3 is 32.9 Å². The van der Waals surface area contributed by atoms with Gasteiger partial charge in [-0.2, -0.15) is 0 Å². The van der Waals surface area contributed by atoms with E-state index in [4.69, 9.17) is 28.0 Å². The van der Waals surface area contributed by atoms with Crippen molar-refractivity contribution in [2.24, 2.45) is 0 Å². The normalized spacial score (nSPS) is 13.2. The van der Waals surface area contributed by atoms with Crippen molar-refractivity contribution in [2.75, 3.05) is 26.4 Å². The Morgan fingerprint density at radius 3 is 1.05 bits per heavy atom. The number of carbonyl (C=O) groups excluding carboxylic acids is 4. The molecular formula is C42H78NaO12P. The molecule has 0 rings (SSSR count). The summed E-state index contributed by atoms with van der Waals surface area (Å²) in [6.07, 6.45) is 24.4. The maximum Gasteiger partial charge on any atom is 1.00 e. The number of ether oxygens (including phenoxy) is 4. The smallest absolute Gasteiger partial charge is 0.756 e. The molecule has 0 bridgehead atoms. The van der Waals surface area contributed by atoms with E-state index in [1.54, 1.807) is 13.8 Å². The summed E-state index contributed by atoms with van der Waals surface area (Å²) in [7, 11) is -5.01. The number of phosphoric ester groups is 1. The van der Waals surface area contributed by atoms with Gasteiger partial charge in [0.15, 0.2) is 12.2 Å². The predicted molar refractivity (Wildman–Crippen MR) is 213 cm³/mol. The molecule has 0 amide bonds. The van der Waals surface area contributed by atoms with Crippen LogP contribution in [-0.2, 0) is 51.7 Å². The van der Waals surface area contributed by atoms with E-state index in [0.717, 1.165) is 38.5 Å². The number of unbranched alkanes of at least 4 members (excludes halogenated alkanes) is 20. The second kappa shape index (κ2) is 40.8. The Morgan fingerprint density at radius 1 is 0.411 bits per heavy atom. The van der Waals surface area contributed by atoms with Crippen molar-refractivity contribution >= 4 is 31.7 Å². The minimum atomic E-state index is -5.01. The minimum Gasteiger partial charge on any atom is -0.756 e. The summed E-state index contributed by atoms with van der Waals surface area (Å²) in [5.74, 6) is -2.11. The molecule has 56 heavy (non-hydrogen) atoms. The number of carbonyl (C=O) groups is 4. The molecular weight excluding hydrogens is 750 g/mol. The van der Waals surface area contributed by atoms with E-state index in [9.17, 15) is 28.6 Å². The minimum absolute atomic E-state index is 0. The first-order valence-corrected chi connectivity index (χ1v) is 23.3. The molecule has 0 saturated carbocycles. The van der Waals surface area contributed by atoms with E-state index in [2.05, 4.69) is 13.8 Å². The van der Waals surface area contributed by atoms with Gasteiger partial charge in [-0.1, -0.05) is 156 Å². The fourth-order valence-corrected chi connectivity index (χ4v) is 6.67. The third kappa shape index (κ3) is 38.5. The Kier molecular flexibility index (Phi) is 41.5. The van der Waals surface area contributed by atoms with Crippen LogP contribution in [0.1, 0.15) is 207 Å². The third-order valence-electron chi connectivity index (χ3n) is 9.17. The van der Waals surface area contributed by atoms with Crippen LogP contribution >= 0.6 is 7.82 Å². The van der Waals surface area contributed by atoms with Gasteiger partial charge in [0, 0.05) is 25.7 Å². The van der Waals surface area contributed by atoms with E-state index >= 15 is 0 Å². The number of rotatable bonds is 40. The molecule has 0 aromatic rings. The van der Waals surface area contributed by atoms with E-state index in [1.165, 1.54) is 89.9 Å². The fraction of sp³-hybridized carbons (Fsp3) is 0.905. The maximum atomic E-state index is 12.7. The molecule has 0 saturated heterocycles. The van der Waals surface area contributed by atoms with Gasteiger partial charge in [-0.15, -0.1) is 0 Å². The molecule has 0 radical (unpaired) electrons. The third-order valence-corrected chi connectivity index (χ3v) is 10.1. The van der Waals surface area contributed by atoms with Crippen LogP contribution in [0.15, 0.2) is 0 Å². The van der Waals surface area contributed by atoms with Crippen LogP contribution in [0.5, 0.6) is 0 Å². The molecule has 0 aliphatic carbocycles. The van der Waals surface area contributed by atoms with Crippen molar-refractivity contribution in [3.05, 3.63) is 0 Å². The molecule has 0 fully saturated rings. The molecule has 2 unspecified atom stereocenters. The molecule has 0 aliphatic rings. The van der Waals surface area contributed by atoms with E-state index in [1.807, 2.05) is 0 Å². The first-order valence-electron chi connectivity index (χ1n) is 21.9. The van der Waals surface area contributed by atoms with Crippen molar-refractivity contribution in [2.45, 2.75) is 220 Å². The van der Waals surface area contributed by atoms with Crippen LogP contribution < -0.4 is 34.5 Å². The largest absolute Gasteiger partial charge is 1.00 e. The average molecular weight is 829 g/mol. The van der Waals surface area contributed by atoms with Crippen molar-refractivity contribution in [1.82, 2.24) is 0 Å². The molecule has 0 N–H and O–H groups in total. The maximum absolute atomic E-state index is 12.7. The van der Waals surface area contributed by atoms with Crippen LogP contribution in [0.3, 0.4) is 0 Å². The quantitative estimate of drug-likeness (QED) is 0.0198.